The van der Waals surface area contributed by atoms with E-state index in [9.17, 15) is 9.59 Å². The second-order valence-corrected chi connectivity index (χ2v) is 7.42. The number of imide groups is 1. The van der Waals surface area contributed by atoms with Gasteiger partial charge in [-0.25, -0.2) is 4.90 Å². The Morgan fingerprint density at radius 3 is 2.29 bits per heavy atom. The molecule has 3 nitrogen and oxygen atoms in total. The third-order valence-electron chi connectivity index (χ3n) is 4.61. The Hall–Kier alpha value is -0.870. The molecule has 1 aromatic rings. The maximum Gasteiger partial charge on any atom is 0.234 e. The average Bonchev–Trinajstić information content (AvgIpc) is 2.42. The zero-order chi connectivity index (χ0) is 15.0. The van der Waals surface area contributed by atoms with Crippen molar-refractivity contribution in [2.45, 2.75) is 44.9 Å². The van der Waals surface area contributed by atoms with Crippen molar-refractivity contribution in [3.05, 3.63) is 27.7 Å². The van der Waals surface area contributed by atoms with E-state index in [0.29, 0.717) is 28.0 Å². The maximum absolute atomic E-state index is 12.6. The van der Waals surface area contributed by atoms with E-state index in [0.717, 1.165) is 25.7 Å². The standard InChI is InChI=1S/C16H17BrClNO2/c17-12-5-4-11(18)8-13(12)19-14(20)9-16(10-15(19)21)6-2-1-3-7-16/h4-5,8H,1-3,6-7,9-10H2. The van der Waals surface area contributed by atoms with E-state index < -0.39 is 0 Å². The largest absolute Gasteiger partial charge is 0.274 e. The summed E-state index contributed by atoms with van der Waals surface area (Å²) in [6.45, 7) is 0. The van der Waals surface area contributed by atoms with Crippen LogP contribution in [0.3, 0.4) is 0 Å². The predicted molar refractivity (Wildman–Crippen MR) is 86.4 cm³/mol. The molecule has 0 atom stereocenters. The molecule has 1 aromatic carbocycles. The van der Waals surface area contributed by atoms with Gasteiger partial charge in [0, 0.05) is 22.3 Å². The lowest BCUT2D eigenvalue weighted by Crippen LogP contribution is -2.49. The van der Waals surface area contributed by atoms with Gasteiger partial charge in [0.15, 0.2) is 0 Å². The van der Waals surface area contributed by atoms with Crippen LogP contribution in [-0.4, -0.2) is 11.8 Å². The van der Waals surface area contributed by atoms with Crippen LogP contribution in [0.1, 0.15) is 44.9 Å². The van der Waals surface area contributed by atoms with Crippen molar-refractivity contribution in [1.29, 1.82) is 0 Å². The van der Waals surface area contributed by atoms with Crippen molar-refractivity contribution in [1.82, 2.24) is 0 Å². The molecular weight excluding hydrogens is 354 g/mol. The van der Waals surface area contributed by atoms with Gasteiger partial charge in [-0.1, -0.05) is 30.9 Å². The van der Waals surface area contributed by atoms with Gasteiger partial charge in [-0.2, -0.15) is 0 Å². The first-order valence-electron chi connectivity index (χ1n) is 7.32. The van der Waals surface area contributed by atoms with Gasteiger partial charge in [0.1, 0.15) is 0 Å². The lowest BCUT2D eigenvalue weighted by Gasteiger charge is -2.42. The molecule has 1 aliphatic carbocycles. The van der Waals surface area contributed by atoms with Crippen LogP contribution in [0.5, 0.6) is 0 Å². The van der Waals surface area contributed by atoms with Gasteiger partial charge in [-0.3, -0.25) is 9.59 Å². The number of anilines is 1. The van der Waals surface area contributed by atoms with Crippen LogP contribution >= 0.6 is 27.5 Å². The number of carbonyl (C=O) groups excluding carboxylic acids is 2. The van der Waals surface area contributed by atoms with E-state index in [1.165, 1.54) is 11.3 Å². The van der Waals surface area contributed by atoms with E-state index in [1.54, 1.807) is 18.2 Å². The zero-order valence-electron chi connectivity index (χ0n) is 11.7. The Morgan fingerprint density at radius 2 is 1.67 bits per heavy atom. The fourth-order valence-electron chi connectivity index (χ4n) is 3.58. The minimum Gasteiger partial charge on any atom is -0.274 e. The lowest BCUT2D eigenvalue weighted by molar-refractivity contribution is -0.134. The van der Waals surface area contributed by atoms with Crippen molar-refractivity contribution >= 4 is 45.0 Å². The number of halogens is 2. The van der Waals surface area contributed by atoms with Crippen LogP contribution in [0.25, 0.3) is 0 Å². The Bertz CT molecular complexity index is 576. The topological polar surface area (TPSA) is 37.4 Å². The third-order valence-corrected chi connectivity index (χ3v) is 5.52. The molecule has 0 radical (unpaired) electrons. The molecule has 0 bridgehead atoms. The normalized spacial score (nSPS) is 21.9. The summed E-state index contributed by atoms with van der Waals surface area (Å²) >= 11 is 9.41. The van der Waals surface area contributed by atoms with Gasteiger partial charge < -0.3 is 0 Å². The Kier molecular flexibility index (Phi) is 4.10. The van der Waals surface area contributed by atoms with Crippen LogP contribution in [0, 0.1) is 5.41 Å². The van der Waals surface area contributed by atoms with Gasteiger partial charge in [0.05, 0.1) is 5.69 Å². The van der Waals surface area contributed by atoms with E-state index in [4.69, 9.17) is 11.6 Å². The predicted octanol–water partition coefficient (Wildman–Crippen LogP) is 4.71. The summed E-state index contributed by atoms with van der Waals surface area (Å²) in [5, 5.41) is 0.520. The first kappa shape index (κ1) is 15.0. The summed E-state index contributed by atoms with van der Waals surface area (Å²) in [4.78, 5) is 26.5. The van der Waals surface area contributed by atoms with E-state index in [2.05, 4.69) is 15.9 Å². The molecule has 0 aromatic heterocycles. The molecule has 2 amide bonds. The van der Waals surface area contributed by atoms with Crippen LogP contribution in [0.4, 0.5) is 5.69 Å². The molecule has 1 spiro atoms. The minimum atomic E-state index is -0.101. The first-order chi connectivity index (χ1) is 10.0. The Labute approximate surface area is 137 Å². The summed E-state index contributed by atoms with van der Waals surface area (Å²) in [7, 11) is 0. The summed E-state index contributed by atoms with van der Waals surface area (Å²) < 4.78 is 0.716. The molecular formula is C16H17BrClNO2. The number of piperidine rings is 1. The number of amides is 2. The molecule has 112 valence electrons. The molecule has 0 unspecified atom stereocenters. The summed E-state index contributed by atoms with van der Waals surface area (Å²) in [6, 6.07) is 5.17. The number of hydrogen-bond acceptors (Lipinski definition) is 2. The van der Waals surface area contributed by atoms with Gasteiger partial charge in [0.2, 0.25) is 11.8 Å². The molecule has 5 heteroatoms. The summed E-state index contributed by atoms with van der Waals surface area (Å²) in [5.41, 5.74) is 0.469. The van der Waals surface area contributed by atoms with Gasteiger partial charge >= 0.3 is 0 Å². The van der Waals surface area contributed by atoms with Crippen molar-refractivity contribution < 1.29 is 9.59 Å². The molecule has 1 saturated carbocycles. The fourth-order valence-corrected chi connectivity index (χ4v) is 4.17. The summed E-state index contributed by atoms with van der Waals surface area (Å²) in [6.07, 6.45) is 6.40. The molecule has 2 fully saturated rings. The van der Waals surface area contributed by atoms with Crippen LogP contribution in [0.2, 0.25) is 5.02 Å². The van der Waals surface area contributed by atoms with Crippen LogP contribution < -0.4 is 4.90 Å². The Morgan fingerprint density at radius 1 is 1.05 bits per heavy atom. The Balaban J connectivity index is 1.90. The number of rotatable bonds is 1. The number of benzene rings is 1. The van der Waals surface area contributed by atoms with Crippen molar-refractivity contribution in [3.63, 3.8) is 0 Å². The second-order valence-electron chi connectivity index (χ2n) is 6.13. The molecule has 3 rings (SSSR count). The SMILES string of the molecule is O=C1CC2(CCCCC2)CC(=O)N1c1cc(Cl)ccc1Br. The highest BCUT2D eigenvalue weighted by atomic mass is 79.9. The highest BCUT2D eigenvalue weighted by Gasteiger charge is 2.44. The van der Waals surface area contributed by atoms with Gasteiger partial charge in [-0.15, -0.1) is 0 Å². The average molecular weight is 371 g/mol. The van der Waals surface area contributed by atoms with Crippen LogP contribution in [0.15, 0.2) is 22.7 Å². The maximum atomic E-state index is 12.6. The van der Waals surface area contributed by atoms with E-state index in [-0.39, 0.29) is 17.2 Å². The van der Waals surface area contributed by atoms with Crippen LogP contribution in [-0.2, 0) is 9.59 Å². The van der Waals surface area contributed by atoms with Gasteiger partial charge in [0.25, 0.3) is 0 Å². The number of carbonyl (C=O) groups is 2. The van der Waals surface area contributed by atoms with E-state index in [1.807, 2.05) is 0 Å². The molecule has 1 saturated heterocycles. The highest BCUT2D eigenvalue weighted by Crippen LogP contribution is 2.46. The molecule has 1 aliphatic heterocycles. The zero-order valence-corrected chi connectivity index (χ0v) is 14.0. The minimum absolute atomic E-state index is 0.0893. The first-order valence-corrected chi connectivity index (χ1v) is 8.49. The third kappa shape index (κ3) is 2.88. The molecule has 2 aliphatic rings. The van der Waals surface area contributed by atoms with Crippen molar-refractivity contribution in [2.24, 2.45) is 5.41 Å². The quantitative estimate of drug-likeness (QED) is 0.672. The fraction of sp³-hybridized carbons (Fsp3) is 0.500. The number of nitrogens with zero attached hydrogens (tertiary/aromatic N) is 1. The molecule has 0 N–H and O–H groups in total. The van der Waals surface area contributed by atoms with E-state index >= 15 is 0 Å². The van der Waals surface area contributed by atoms with Gasteiger partial charge in [-0.05, 0) is 52.4 Å². The van der Waals surface area contributed by atoms with Crippen molar-refractivity contribution in [3.8, 4) is 0 Å². The van der Waals surface area contributed by atoms with Crippen molar-refractivity contribution in [2.75, 3.05) is 4.90 Å². The highest BCUT2D eigenvalue weighted by molar-refractivity contribution is 9.10. The second kappa shape index (κ2) is 5.73. The lowest BCUT2D eigenvalue weighted by atomic mass is 9.67. The smallest absolute Gasteiger partial charge is 0.234 e. The number of hydrogen-bond donors (Lipinski definition) is 0. The molecule has 21 heavy (non-hydrogen) atoms. The molecule has 1 heterocycles. The monoisotopic (exact) mass is 369 g/mol. The summed E-state index contributed by atoms with van der Waals surface area (Å²) in [5.74, 6) is -0.202.